The minimum Gasteiger partial charge on any atom is -0.497 e. The molecule has 0 saturated carbocycles. The number of hydrogen-bond donors (Lipinski definition) is 1. The number of pyridine rings is 1. The number of carbonyl (C=O) groups excluding carboxylic acids is 1. The first kappa shape index (κ1) is 17.1. The summed E-state index contributed by atoms with van der Waals surface area (Å²) in [6.45, 7) is 2.64. The summed E-state index contributed by atoms with van der Waals surface area (Å²) in [6, 6.07) is 10.7. The van der Waals surface area contributed by atoms with Crippen molar-refractivity contribution in [3.8, 4) is 5.75 Å². The van der Waals surface area contributed by atoms with Crippen LogP contribution in [0.5, 0.6) is 5.75 Å². The number of carbonyl (C=O) groups is 1. The van der Waals surface area contributed by atoms with Gasteiger partial charge in [0.1, 0.15) is 5.75 Å². The smallest absolute Gasteiger partial charge is 0.250 e. The lowest BCUT2D eigenvalue weighted by Gasteiger charge is -2.09. The number of nitrogens with one attached hydrogen (secondary N) is 1. The minimum absolute atomic E-state index is 0.0596. The lowest BCUT2D eigenvalue weighted by molar-refractivity contribution is -0.113. The number of ether oxygens (including phenoxy) is 1. The number of nitrogens with zero attached hydrogens (tertiary/aromatic N) is 1. The van der Waals surface area contributed by atoms with Crippen molar-refractivity contribution >= 4 is 23.4 Å². The van der Waals surface area contributed by atoms with Crippen LogP contribution >= 0.6 is 11.8 Å². The highest BCUT2D eigenvalue weighted by molar-refractivity contribution is 8.00. The first-order chi connectivity index (χ1) is 11.1. The number of methoxy groups -OCH3 is 1. The molecule has 0 unspecified atom stereocenters. The second-order valence-electron chi connectivity index (χ2n) is 4.97. The van der Waals surface area contributed by atoms with Gasteiger partial charge in [-0.15, -0.1) is 11.8 Å². The lowest BCUT2D eigenvalue weighted by Crippen LogP contribution is -2.21. The molecule has 0 fully saturated rings. The van der Waals surface area contributed by atoms with E-state index in [1.165, 1.54) is 17.8 Å². The number of thioether (sulfide) groups is 1. The summed E-state index contributed by atoms with van der Waals surface area (Å²) >= 11 is 1.43. The van der Waals surface area contributed by atoms with Crippen LogP contribution in [-0.2, 0) is 11.3 Å². The molecule has 0 aliphatic carbocycles. The Hall–Kier alpha value is -2.21. The third kappa shape index (κ3) is 5.17. The number of benzene rings is 1. The largest absolute Gasteiger partial charge is 0.497 e. The second kappa shape index (κ2) is 8.43. The molecule has 0 aliphatic rings. The summed E-state index contributed by atoms with van der Waals surface area (Å²) in [5.74, 6) is 0.946. The zero-order valence-electron chi connectivity index (χ0n) is 13.2. The predicted octanol–water partition coefficient (Wildman–Crippen LogP) is 3.00. The molecule has 2 rings (SSSR count). The number of anilines is 1. The fraction of sp³-hybridized carbons (Fsp3) is 0.294. The Morgan fingerprint density at radius 2 is 2.13 bits per heavy atom. The van der Waals surface area contributed by atoms with Crippen LogP contribution in [0.2, 0.25) is 0 Å². The zero-order valence-corrected chi connectivity index (χ0v) is 14.1. The number of hydrogen-bond acceptors (Lipinski definition) is 4. The molecule has 0 atom stereocenters. The van der Waals surface area contributed by atoms with Gasteiger partial charge in [0, 0.05) is 23.7 Å². The standard InChI is InChI=1S/C17H20N2O3S/c1-3-9-19-11-13(7-8-17(19)21)18-16(20)12-23-15-6-4-5-14(10-15)22-2/h4-8,10-11H,3,9,12H2,1-2H3,(H,18,20). The molecule has 6 heteroatoms. The van der Waals surface area contributed by atoms with Gasteiger partial charge in [-0.2, -0.15) is 0 Å². The maximum atomic E-state index is 12.0. The van der Waals surface area contributed by atoms with Crippen molar-refractivity contribution in [3.05, 3.63) is 52.9 Å². The first-order valence-electron chi connectivity index (χ1n) is 7.39. The van der Waals surface area contributed by atoms with Crippen LogP contribution in [-0.4, -0.2) is 23.3 Å². The fourth-order valence-corrected chi connectivity index (χ4v) is 2.80. The van der Waals surface area contributed by atoms with E-state index in [1.54, 1.807) is 23.9 Å². The molecule has 0 bridgehead atoms. The van der Waals surface area contributed by atoms with Crippen molar-refractivity contribution in [1.29, 1.82) is 0 Å². The SMILES string of the molecule is CCCn1cc(NC(=O)CSc2cccc(OC)c2)ccc1=O. The number of amides is 1. The van der Waals surface area contributed by atoms with Gasteiger partial charge in [-0.25, -0.2) is 0 Å². The Labute approximate surface area is 139 Å². The Bertz CT molecular complexity index is 728. The maximum Gasteiger partial charge on any atom is 0.250 e. The molecular weight excluding hydrogens is 312 g/mol. The van der Waals surface area contributed by atoms with Gasteiger partial charge >= 0.3 is 0 Å². The third-order valence-electron chi connectivity index (χ3n) is 3.14. The zero-order chi connectivity index (χ0) is 16.7. The van der Waals surface area contributed by atoms with E-state index in [9.17, 15) is 9.59 Å². The number of rotatable bonds is 7. The van der Waals surface area contributed by atoms with Crippen LogP contribution in [0.4, 0.5) is 5.69 Å². The van der Waals surface area contributed by atoms with Gasteiger partial charge in [-0.05, 0) is 30.7 Å². The van der Waals surface area contributed by atoms with Gasteiger partial charge in [-0.1, -0.05) is 13.0 Å². The molecule has 0 radical (unpaired) electrons. The van der Waals surface area contributed by atoms with Gasteiger partial charge in [0.05, 0.1) is 18.6 Å². The van der Waals surface area contributed by atoms with Gasteiger partial charge in [0.15, 0.2) is 0 Å². The van der Waals surface area contributed by atoms with Crippen molar-refractivity contribution in [1.82, 2.24) is 4.57 Å². The van der Waals surface area contributed by atoms with Crippen molar-refractivity contribution in [2.24, 2.45) is 0 Å². The highest BCUT2D eigenvalue weighted by Crippen LogP contribution is 2.22. The van der Waals surface area contributed by atoms with E-state index >= 15 is 0 Å². The molecule has 5 nitrogen and oxygen atoms in total. The Morgan fingerprint density at radius 3 is 2.87 bits per heavy atom. The molecule has 1 aromatic carbocycles. The molecule has 122 valence electrons. The average Bonchev–Trinajstić information content (AvgIpc) is 2.56. The summed E-state index contributed by atoms with van der Waals surface area (Å²) in [5.41, 5.74) is 0.574. The van der Waals surface area contributed by atoms with Crippen LogP contribution in [0.3, 0.4) is 0 Å². The topological polar surface area (TPSA) is 60.3 Å². The van der Waals surface area contributed by atoms with Crippen molar-refractivity contribution in [2.75, 3.05) is 18.2 Å². The van der Waals surface area contributed by atoms with Crippen LogP contribution < -0.4 is 15.6 Å². The molecule has 1 N–H and O–H groups in total. The van der Waals surface area contributed by atoms with E-state index in [1.807, 2.05) is 31.2 Å². The van der Waals surface area contributed by atoms with Crippen molar-refractivity contribution < 1.29 is 9.53 Å². The van der Waals surface area contributed by atoms with Crippen LogP contribution in [0, 0.1) is 0 Å². The summed E-state index contributed by atoms with van der Waals surface area (Å²) in [5, 5.41) is 2.82. The third-order valence-corrected chi connectivity index (χ3v) is 4.14. The maximum absolute atomic E-state index is 12.0. The van der Waals surface area contributed by atoms with E-state index < -0.39 is 0 Å². The minimum atomic E-state index is -0.112. The van der Waals surface area contributed by atoms with Gasteiger partial charge in [0.2, 0.25) is 5.91 Å². The Balaban J connectivity index is 1.94. The Morgan fingerprint density at radius 1 is 1.30 bits per heavy atom. The molecule has 2 aromatic rings. The van der Waals surface area contributed by atoms with Crippen LogP contribution in [0.15, 0.2) is 52.3 Å². The molecule has 23 heavy (non-hydrogen) atoms. The average molecular weight is 332 g/mol. The normalized spacial score (nSPS) is 10.3. The highest BCUT2D eigenvalue weighted by Gasteiger charge is 2.06. The van der Waals surface area contributed by atoms with Crippen molar-refractivity contribution in [3.63, 3.8) is 0 Å². The van der Waals surface area contributed by atoms with E-state index in [2.05, 4.69) is 5.32 Å². The summed E-state index contributed by atoms with van der Waals surface area (Å²) in [4.78, 5) is 24.7. The van der Waals surface area contributed by atoms with Crippen LogP contribution in [0.1, 0.15) is 13.3 Å². The summed E-state index contributed by atoms with van der Waals surface area (Å²) < 4.78 is 6.76. The monoisotopic (exact) mass is 332 g/mol. The van der Waals surface area contributed by atoms with Crippen molar-refractivity contribution in [2.45, 2.75) is 24.8 Å². The van der Waals surface area contributed by atoms with Gasteiger partial charge < -0.3 is 14.6 Å². The number of aromatic nitrogens is 1. The molecular formula is C17H20N2O3S. The van der Waals surface area contributed by atoms with Crippen LogP contribution in [0.25, 0.3) is 0 Å². The molecule has 0 spiro atoms. The second-order valence-corrected chi connectivity index (χ2v) is 6.01. The summed E-state index contributed by atoms with van der Waals surface area (Å²) in [7, 11) is 1.61. The molecule has 1 amide bonds. The molecule has 1 heterocycles. The van der Waals surface area contributed by atoms with E-state index in [0.717, 1.165) is 17.1 Å². The molecule has 1 aromatic heterocycles. The predicted molar refractivity (Wildman–Crippen MR) is 93.3 cm³/mol. The van der Waals surface area contributed by atoms with E-state index in [-0.39, 0.29) is 11.5 Å². The highest BCUT2D eigenvalue weighted by atomic mass is 32.2. The molecule has 0 aliphatic heterocycles. The van der Waals surface area contributed by atoms with E-state index in [4.69, 9.17) is 4.74 Å². The molecule has 0 saturated heterocycles. The first-order valence-corrected chi connectivity index (χ1v) is 8.38. The Kier molecular flexibility index (Phi) is 6.29. The summed E-state index contributed by atoms with van der Waals surface area (Å²) in [6.07, 6.45) is 2.54. The quantitative estimate of drug-likeness (QED) is 0.792. The fourth-order valence-electron chi connectivity index (χ4n) is 2.06. The van der Waals surface area contributed by atoms with E-state index in [0.29, 0.717) is 18.0 Å². The number of aryl methyl sites for hydroxylation is 1. The lowest BCUT2D eigenvalue weighted by atomic mass is 10.3. The van der Waals surface area contributed by atoms with Gasteiger partial charge in [-0.3, -0.25) is 9.59 Å². The van der Waals surface area contributed by atoms with Gasteiger partial charge in [0.25, 0.3) is 5.56 Å².